The molecule has 0 N–H and O–H groups in total. The molecule has 2 aliphatic carbocycles. The number of rotatable bonds is 0. The molecule has 2 aliphatic rings. The van der Waals surface area contributed by atoms with Crippen molar-refractivity contribution >= 4 is 0 Å². The lowest BCUT2D eigenvalue weighted by molar-refractivity contribution is 0.0686. The monoisotopic (exact) mass is 110 g/mol. The molecular weight excluding hydrogens is 96.1 g/mol. The Labute approximate surface area is 51.3 Å². The van der Waals surface area contributed by atoms with Crippen LogP contribution in [0.5, 0.6) is 0 Å². The van der Waals surface area contributed by atoms with Crippen LogP contribution < -0.4 is 0 Å². The lowest BCUT2D eigenvalue weighted by atomic mass is 9.64. The van der Waals surface area contributed by atoms with Gasteiger partial charge in [0.2, 0.25) is 0 Å². The molecule has 0 saturated heterocycles. The van der Waals surface area contributed by atoms with Crippen LogP contribution in [0, 0.1) is 23.2 Å². The Kier molecular flexibility index (Phi) is 0.595. The fraction of sp³-hybridized carbons (Fsp3) is 1.00. The van der Waals surface area contributed by atoms with Crippen molar-refractivity contribution in [2.45, 2.75) is 27.2 Å². The molecule has 0 spiro atoms. The molecule has 2 saturated carbocycles. The molecule has 3 unspecified atom stereocenters. The van der Waals surface area contributed by atoms with Crippen LogP contribution in [-0.4, -0.2) is 0 Å². The second-order valence-corrected chi connectivity index (χ2v) is 4.12. The summed E-state index contributed by atoms with van der Waals surface area (Å²) in [5.41, 5.74) is 0.713. The van der Waals surface area contributed by atoms with Crippen LogP contribution in [0.1, 0.15) is 27.2 Å². The summed E-state index contributed by atoms with van der Waals surface area (Å²) in [4.78, 5) is 0. The van der Waals surface area contributed by atoms with Crippen molar-refractivity contribution in [2.24, 2.45) is 23.2 Å². The second kappa shape index (κ2) is 0.984. The first-order valence-corrected chi connectivity index (χ1v) is 3.64. The first-order chi connectivity index (χ1) is 3.64. The Hall–Kier alpha value is 0. The average molecular weight is 110 g/mol. The summed E-state index contributed by atoms with van der Waals surface area (Å²) in [6.07, 6.45) is 1.54. The van der Waals surface area contributed by atoms with Gasteiger partial charge in [0.15, 0.2) is 0 Å². The van der Waals surface area contributed by atoms with Gasteiger partial charge in [-0.15, -0.1) is 0 Å². The van der Waals surface area contributed by atoms with E-state index in [-0.39, 0.29) is 0 Å². The molecule has 0 amide bonds. The number of hydrogen-bond donors (Lipinski definition) is 0. The fourth-order valence-electron chi connectivity index (χ4n) is 2.39. The third-order valence-corrected chi connectivity index (χ3v) is 3.61. The number of hydrogen-bond acceptors (Lipinski definition) is 0. The average Bonchev–Trinajstić information content (AvgIpc) is 2.40. The van der Waals surface area contributed by atoms with Crippen molar-refractivity contribution in [3.63, 3.8) is 0 Å². The van der Waals surface area contributed by atoms with Gasteiger partial charge in [0.05, 0.1) is 0 Å². The zero-order valence-electron chi connectivity index (χ0n) is 5.94. The van der Waals surface area contributed by atoms with E-state index in [1.165, 1.54) is 6.42 Å². The van der Waals surface area contributed by atoms with E-state index in [1.54, 1.807) is 0 Å². The van der Waals surface area contributed by atoms with Gasteiger partial charge in [-0.2, -0.15) is 0 Å². The summed E-state index contributed by atoms with van der Waals surface area (Å²) in [5, 5.41) is 0. The normalized spacial score (nSPS) is 56.6. The van der Waals surface area contributed by atoms with Crippen LogP contribution in [-0.2, 0) is 0 Å². The van der Waals surface area contributed by atoms with Crippen LogP contribution in [0.2, 0.25) is 0 Å². The maximum atomic E-state index is 2.41. The molecule has 0 heterocycles. The Morgan fingerprint density at radius 1 is 1.38 bits per heavy atom. The lowest BCUT2D eigenvalue weighted by Crippen LogP contribution is -2.35. The van der Waals surface area contributed by atoms with Gasteiger partial charge >= 0.3 is 0 Å². The summed E-state index contributed by atoms with van der Waals surface area (Å²) >= 11 is 0. The Balaban J connectivity index is 2.18. The molecule has 8 heavy (non-hydrogen) atoms. The molecule has 0 radical (unpaired) electrons. The molecule has 0 bridgehead atoms. The lowest BCUT2D eigenvalue weighted by Gasteiger charge is -2.41. The molecule has 2 rings (SSSR count). The SMILES string of the molecule is CC1C2CC2C1(C)C. The largest absolute Gasteiger partial charge is 0.0617 e. The molecule has 0 nitrogen and oxygen atoms in total. The summed E-state index contributed by atoms with van der Waals surface area (Å²) < 4.78 is 0. The van der Waals surface area contributed by atoms with Gasteiger partial charge in [-0.05, 0) is 29.6 Å². The molecular formula is C8H14. The van der Waals surface area contributed by atoms with Crippen LogP contribution in [0.3, 0.4) is 0 Å². The first-order valence-electron chi connectivity index (χ1n) is 3.64. The van der Waals surface area contributed by atoms with Crippen molar-refractivity contribution in [3.8, 4) is 0 Å². The van der Waals surface area contributed by atoms with Gasteiger partial charge in [-0.25, -0.2) is 0 Å². The summed E-state index contributed by atoms with van der Waals surface area (Å²) in [5.74, 6) is 3.29. The van der Waals surface area contributed by atoms with Crippen LogP contribution in [0.25, 0.3) is 0 Å². The van der Waals surface area contributed by atoms with Crippen LogP contribution >= 0.6 is 0 Å². The highest BCUT2D eigenvalue weighted by Crippen LogP contribution is 2.70. The smallest absolute Gasteiger partial charge is 0.0295 e. The Bertz CT molecular complexity index is 124. The van der Waals surface area contributed by atoms with E-state index >= 15 is 0 Å². The topological polar surface area (TPSA) is 0 Å². The highest BCUT2D eigenvalue weighted by atomic mass is 14.7. The Morgan fingerprint density at radius 2 is 2.00 bits per heavy atom. The molecule has 0 aromatic rings. The van der Waals surface area contributed by atoms with E-state index in [4.69, 9.17) is 0 Å². The zero-order valence-corrected chi connectivity index (χ0v) is 5.94. The zero-order chi connectivity index (χ0) is 5.94. The van der Waals surface area contributed by atoms with E-state index in [1.807, 2.05) is 0 Å². The van der Waals surface area contributed by atoms with Crippen molar-refractivity contribution in [1.29, 1.82) is 0 Å². The molecule has 0 heteroatoms. The van der Waals surface area contributed by atoms with Crippen molar-refractivity contribution in [3.05, 3.63) is 0 Å². The van der Waals surface area contributed by atoms with E-state index < -0.39 is 0 Å². The Morgan fingerprint density at radius 3 is 2.12 bits per heavy atom. The molecule has 0 aromatic carbocycles. The first kappa shape index (κ1) is 4.84. The molecule has 46 valence electrons. The van der Waals surface area contributed by atoms with E-state index in [9.17, 15) is 0 Å². The van der Waals surface area contributed by atoms with E-state index in [2.05, 4.69) is 20.8 Å². The van der Waals surface area contributed by atoms with Gasteiger partial charge in [0, 0.05) is 0 Å². The maximum absolute atomic E-state index is 2.41. The highest BCUT2D eigenvalue weighted by molar-refractivity contribution is 5.12. The molecule has 0 aromatic heterocycles. The fourth-order valence-corrected chi connectivity index (χ4v) is 2.39. The summed E-state index contributed by atoms with van der Waals surface area (Å²) in [6, 6.07) is 0. The van der Waals surface area contributed by atoms with Gasteiger partial charge in [-0.1, -0.05) is 20.8 Å². The number of fused-ring (bicyclic) bond motifs is 1. The van der Waals surface area contributed by atoms with Crippen molar-refractivity contribution < 1.29 is 0 Å². The highest BCUT2D eigenvalue weighted by Gasteiger charge is 2.63. The molecule has 2 fully saturated rings. The third-order valence-electron chi connectivity index (χ3n) is 3.61. The van der Waals surface area contributed by atoms with Gasteiger partial charge in [0.25, 0.3) is 0 Å². The minimum atomic E-state index is 0.713. The van der Waals surface area contributed by atoms with Crippen molar-refractivity contribution in [2.75, 3.05) is 0 Å². The predicted octanol–water partition coefficient (Wildman–Crippen LogP) is 2.30. The van der Waals surface area contributed by atoms with Crippen molar-refractivity contribution in [1.82, 2.24) is 0 Å². The minimum absolute atomic E-state index is 0.713. The second-order valence-electron chi connectivity index (χ2n) is 4.12. The van der Waals surface area contributed by atoms with Gasteiger partial charge in [-0.3, -0.25) is 0 Å². The molecule has 3 atom stereocenters. The van der Waals surface area contributed by atoms with Crippen LogP contribution in [0.4, 0.5) is 0 Å². The summed E-state index contributed by atoms with van der Waals surface area (Å²) in [7, 11) is 0. The van der Waals surface area contributed by atoms with E-state index in [0.29, 0.717) is 5.41 Å². The van der Waals surface area contributed by atoms with Gasteiger partial charge < -0.3 is 0 Å². The standard InChI is InChI=1S/C8H14/c1-5-6-4-7(6)8(5,2)3/h5-7H,4H2,1-3H3. The third kappa shape index (κ3) is 0.310. The molecule has 0 aliphatic heterocycles. The predicted molar refractivity (Wildman–Crippen MR) is 34.5 cm³/mol. The van der Waals surface area contributed by atoms with Gasteiger partial charge in [0.1, 0.15) is 0 Å². The maximum Gasteiger partial charge on any atom is -0.0295 e. The quantitative estimate of drug-likeness (QED) is 0.449. The van der Waals surface area contributed by atoms with E-state index in [0.717, 1.165) is 17.8 Å². The van der Waals surface area contributed by atoms with Crippen LogP contribution in [0.15, 0.2) is 0 Å². The minimum Gasteiger partial charge on any atom is -0.0617 e. The summed E-state index contributed by atoms with van der Waals surface area (Å²) in [6.45, 7) is 7.21.